The minimum Gasteiger partial charge on any atom is -0.341 e. The van der Waals surface area contributed by atoms with Gasteiger partial charge in [-0.25, -0.2) is 0 Å². The molecule has 0 aliphatic carbocycles. The third-order valence-corrected chi connectivity index (χ3v) is 6.94. The Bertz CT molecular complexity index is 1500. The van der Waals surface area contributed by atoms with E-state index >= 15 is 0 Å². The molecule has 2 heterocycles. The Morgan fingerprint density at radius 3 is 1.40 bits per heavy atom. The second kappa shape index (κ2) is 20.2. The molecule has 40 heavy (non-hydrogen) atoms. The van der Waals surface area contributed by atoms with Gasteiger partial charge >= 0.3 is 0 Å². The molecule has 7 rings (SSSR count). The van der Waals surface area contributed by atoms with Crippen molar-refractivity contribution in [2.75, 3.05) is 20.1 Å². The van der Waals surface area contributed by atoms with Crippen LogP contribution in [0.4, 0.5) is 0 Å². The first kappa shape index (κ1) is 38.2. The molecule has 5 heteroatoms. The van der Waals surface area contributed by atoms with Gasteiger partial charge in [-0.2, -0.15) is 0 Å². The monoisotopic (exact) mass is 608 g/mol. The van der Waals surface area contributed by atoms with E-state index in [1.165, 1.54) is 69.3 Å². The van der Waals surface area contributed by atoms with Crippen LogP contribution in [0.1, 0.15) is 33.6 Å². The first-order valence-corrected chi connectivity index (χ1v) is 13.8. The summed E-state index contributed by atoms with van der Waals surface area (Å²) in [4.78, 5) is 2.36. The zero-order valence-electron chi connectivity index (χ0n) is 23.9. The van der Waals surface area contributed by atoms with Crippen LogP contribution < -0.4 is 0 Å². The maximum atomic E-state index is 2.40. The fourth-order valence-electron chi connectivity index (χ4n) is 5.08. The minimum atomic E-state index is 0. The Morgan fingerprint density at radius 2 is 0.950 bits per heavy atom. The van der Waals surface area contributed by atoms with Gasteiger partial charge in [0, 0.05) is 142 Å². The van der Waals surface area contributed by atoms with Gasteiger partial charge in [0.15, 0.2) is 0 Å². The minimum absolute atomic E-state index is 0. The molecule has 5 aromatic carbocycles. The van der Waals surface area contributed by atoms with Crippen molar-refractivity contribution in [2.24, 2.45) is 0 Å². The predicted octanol–water partition coefficient (Wildman–Crippen LogP) is 9.55. The zero-order chi connectivity index (χ0) is 26.0. The van der Waals surface area contributed by atoms with Crippen molar-refractivity contribution in [3.8, 4) is 0 Å². The molecule has 1 aliphatic rings. The van der Waals surface area contributed by atoms with Gasteiger partial charge in [0.05, 0.1) is 0 Å². The summed E-state index contributed by atoms with van der Waals surface area (Å²) in [6.45, 7) is 9.85. The third-order valence-electron chi connectivity index (χ3n) is 6.94. The molecule has 6 aromatic rings. The summed E-state index contributed by atoms with van der Waals surface area (Å²) in [6.07, 6.45) is 2.83. The van der Waals surface area contributed by atoms with Crippen LogP contribution in [0.3, 0.4) is 0 Å². The van der Waals surface area contributed by atoms with Crippen molar-refractivity contribution in [1.29, 1.82) is 0 Å². The van der Waals surface area contributed by atoms with Gasteiger partial charge in [0.25, 0.3) is 0 Å². The van der Waals surface area contributed by atoms with Crippen molar-refractivity contribution < 1.29 is 113 Å². The molecule has 1 aromatic heterocycles. The van der Waals surface area contributed by atoms with Crippen LogP contribution in [0, 0.1) is 113 Å². The summed E-state index contributed by atoms with van der Waals surface area (Å²) in [7, 11) is 2.17. The Morgan fingerprint density at radius 1 is 0.525 bits per heavy atom. The standard InChI is InChI=1S/C18H15N.C10H8.C5H11N.C2H6.3Ar/c1-2-19-17-10-6-5-9-15(17)16-11-13-7-3-4-8-14(13)12-18(16)19;1-2-6-10-8-4-3-7-9(10)5-1;1-6-4-2-3-5-6;1-2;;;/h3-12H,2H2,1H3;1-8H;2-5H2,1H3;1-2H3;;;. The summed E-state index contributed by atoms with van der Waals surface area (Å²) in [5.74, 6) is 0. The Hall–Kier alpha value is 0.159. The number of rotatable bonds is 1. The average molecular weight is 609 g/mol. The number of likely N-dealkylation sites (tertiary alicyclic amines) is 1. The normalized spacial score (nSPS) is 12.0. The number of nitrogens with zero attached hydrogens (tertiary/aromatic N) is 2. The molecule has 0 N–H and O–H groups in total. The average Bonchev–Trinajstić information content (AvgIpc) is 3.57. The molecule has 1 aliphatic heterocycles. The van der Waals surface area contributed by atoms with E-state index in [1.54, 1.807) is 0 Å². The van der Waals surface area contributed by atoms with Crippen molar-refractivity contribution in [3.05, 3.63) is 109 Å². The van der Waals surface area contributed by atoms with Crippen LogP contribution in [-0.2, 0) is 6.54 Å². The maximum Gasteiger partial charge on any atom is 0.0497 e. The van der Waals surface area contributed by atoms with Gasteiger partial charge < -0.3 is 9.47 Å². The van der Waals surface area contributed by atoms with Gasteiger partial charge in [0.1, 0.15) is 0 Å². The van der Waals surface area contributed by atoms with Crippen molar-refractivity contribution in [3.63, 3.8) is 0 Å². The molecule has 1 fully saturated rings. The third kappa shape index (κ3) is 9.84. The van der Waals surface area contributed by atoms with E-state index in [2.05, 4.69) is 133 Å². The van der Waals surface area contributed by atoms with E-state index in [0.717, 1.165) is 6.54 Å². The zero-order valence-corrected chi connectivity index (χ0v) is 26.0. The Labute approximate surface area is 330 Å². The molecular formula is C35H40Ar3N2. The van der Waals surface area contributed by atoms with Gasteiger partial charge in [0.2, 0.25) is 0 Å². The van der Waals surface area contributed by atoms with Crippen LogP contribution in [0.15, 0.2) is 109 Å². The first-order valence-electron chi connectivity index (χ1n) is 13.8. The van der Waals surface area contributed by atoms with Gasteiger partial charge in [-0.15, -0.1) is 0 Å². The second-order valence-electron chi connectivity index (χ2n) is 9.34. The summed E-state index contributed by atoms with van der Waals surface area (Å²) in [5.41, 5.74) is 2.66. The van der Waals surface area contributed by atoms with Crippen LogP contribution >= 0.6 is 0 Å². The summed E-state index contributed by atoms with van der Waals surface area (Å²) in [5, 5.41) is 7.96. The predicted molar refractivity (Wildman–Crippen MR) is 165 cm³/mol. The number of aromatic nitrogens is 1. The number of hydrogen-bond acceptors (Lipinski definition) is 1. The van der Waals surface area contributed by atoms with Crippen LogP contribution in [0.5, 0.6) is 0 Å². The van der Waals surface area contributed by atoms with E-state index in [9.17, 15) is 0 Å². The second-order valence-corrected chi connectivity index (χ2v) is 9.34. The van der Waals surface area contributed by atoms with Crippen LogP contribution in [0.25, 0.3) is 43.4 Å². The van der Waals surface area contributed by atoms with Gasteiger partial charge in [-0.05, 0) is 79.6 Å². The van der Waals surface area contributed by atoms with E-state index in [0.29, 0.717) is 0 Å². The summed E-state index contributed by atoms with van der Waals surface area (Å²) >= 11 is 0. The number of fused-ring (bicyclic) bond motifs is 5. The van der Waals surface area contributed by atoms with Gasteiger partial charge in [-0.1, -0.05) is 105 Å². The first-order chi connectivity index (χ1) is 18.2. The number of hydrogen-bond donors (Lipinski definition) is 0. The molecule has 0 radical (unpaired) electrons. The largest absolute Gasteiger partial charge is 0.341 e. The molecule has 214 valence electrons. The topological polar surface area (TPSA) is 8.17 Å². The molecule has 0 unspecified atom stereocenters. The van der Waals surface area contributed by atoms with E-state index < -0.39 is 0 Å². The molecule has 0 spiro atoms. The Kier molecular flexibility index (Phi) is 19.3. The number of benzene rings is 5. The summed E-state index contributed by atoms with van der Waals surface area (Å²) < 4.78 is 2.40. The van der Waals surface area contributed by atoms with E-state index in [4.69, 9.17) is 0 Å². The smallest absolute Gasteiger partial charge is 0.0497 e. The molecule has 2 nitrogen and oxygen atoms in total. The molecule has 1 saturated heterocycles. The SMILES string of the molecule is CC.CCn1c2ccccc2c2cc3ccccc3cc21.CN1CCCC1.[Ar].[Ar].[Ar].c1ccc2ccccc2c1. The molecular weight excluding hydrogens is 568 g/mol. The van der Waals surface area contributed by atoms with E-state index in [1.807, 2.05) is 13.8 Å². The fourth-order valence-corrected chi connectivity index (χ4v) is 5.08. The summed E-state index contributed by atoms with van der Waals surface area (Å²) in [6, 6.07) is 38.6. The van der Waals surface area contributed by atoms with Crippen molar-refractivity contribution in [1.82, 2.24) is 9.47 Å². The fraction of sp³-hybridized carbons (Fsp3) is 0.257. The molecule has 0 bridgehead atoms. The molecule has 0 amide bonds. The van der Waals surface area contributed by atoms with Crippen molar-refractivity contribution in [2.45, 2.75) is 40.2 Å². The van der Waals surface area contributed by atoms with Crippen molar-refractivity contribution >= 4 is 43.4 Å². The van der Waals surface area contributed by atoms with Crippen LogP contribution in [0.2, 0.25) is 0 Å². The molecule has 0 saturated carbocycles. The van der Waals surface area contributed by atoms with E-state index in [-0.39, 0.29) is 113 Å². The van der Waals surface area contributed by atoms with Crippen LogP contribution in [-0.4, -0.2) is 29.6 Å². The number of aryl methyl sites for hydroxylation is 1. The van der Waals surface area contributed by atoms with Gasteiger partial charge in [-0.3, -0.25) is 0 Å². The quantitative estimate of drug-likeness (QED) is 0.181. The Balaban J connectivity index is 0.000000323. The number of para-hydroxylation sites is 1. The maximum absolute atomic E-state index is 2.40. The molecule has 0 atom stereocenters.